The van der Waals surface area contributed by atoms with E-state index < -0.39 is 11.4 Å². The Kier molecular flexibility index (Phi) is 6.48. The van der Waals surface area contributed by atoms with Crippen LogP contribution in [-0.4, -0.2) is 44.8 Å². The van der Waals surface area contributed by atoms with Gasteiger partial charge in [-0.3, -0.25) is 10.1 Å². The van der Waals surface area contributed by atoms with E-state index in [-0.39, 0.29) is 17.0 Å². The van der Waals surface area contributed by atoms with E-state index in [4.69, 9.17) is 9.72 Å². The summed E-state index contributed by atoms with van der Waals surface area (Å²) in [4.78, 5) is 46.6. The van der Waals surface area contributed by atoms with Gasteiger partial charge in [0, 0.05) is 41.0 Å². The standard InChI is InChI=1S/C29H23N5O5S/c1-2-30-29(38)33-24-12-18(27-32-22(15-40-27)16-6-4-3-5-7-16)20(13-31-24)17-10-19-25-23(11-17)39-9-8-34(25)14-21(26(19)35)28(36)37/h3-7,10-15H,2,8-9H2,1H3,(H,36,37)(H2,30,31,33,38). The van der Waals surface area contributed by atoms with Crippen LogP contribution in [0.5, 0.6) is 5.75 Å². The molecule has 0 saturated heterocycles. The predicted molar refractivity (Wildman–Crippen MR) is 153 cm³/mol. The largest absolute Gasteiger partial charge is 0.489 e. The van der Waals surface area contributed by atoms with Gasteiger partial charge in [0.05, 0.1) is 23.1 Å². The number of anilines is 1. The maximum atomic E-state index is 13.2. The van der Waals surface area contributed by atoms with Crippen LogP contribution >= 0.6 is 11.3 Å². The highest BCUT2D eigenvalue weighted by Gasteiger charge is 2.23. The predicted octanol–water partition coefficient (Wildman–Crippen LogP) is 5.09. The molecule has 2 aromatic carbocycles. The number of hydrogen-bond acceptors (Lipinski definition) is 7. The van der Waals surface area contributed by atoms with Gasteiger partial charge in [-0.05, 0) is 30.7 Å². The fraction of sp³-hybridized carbons (Fsp3) is 0.138. The summed E-state index contributed by atoms with van der Waals surface area (Å²) in [6, 6.07) is 14.6. The first-order valence-corrected chi connectivity index (χ1v) is 13.4. The number of benzene rings is 2. The molecule has 4 heterocycles. The number of carbonyl (C=O) groups excluding carboxylic acids is 1. The lowest BCUT2D eigenvalue weighted by molar-refractivity contribution is 0.0694. The minimum Gasteiger partial charge on any atom is -0.489 e. The number of carboxylic acids is 1. The first-order valence-electron chi connectivity index (χ1n) is 12.6. The summed E-state index contributed by atoms with van der Waals surface area (Å²) in [6.45, 7) is 3.04. The summed E-state index contributed by atoms with van der Waals surface area (Å²) in [6.07, 6.45) is 2.98. The van der Waals surface area contributed by atoms with Crippen molar-refractivity contribution < 1.29 is 19.4 Å². The Morgan fingerprint density at radius 3 is 2.73 bits per heavy atom. The van der Waals surface area contributed by atoms with Gasteiger partial charge in [0.1, 0.15) is 28.7 Å². The van der Waals surface area contributed by atoms with Crippen molar-refractivity contribution in [2.75, 3.05) is 18.5 Å². The van der Waals surface area contributed by atoms with Crippen LogP contribution in [-0.2, 0) is 6.54 Å². The third-order valence-electron chi connectivity index (χ3n) is 6.55. The van der Waals surface area contributed by atoms with Crippen molar-refractivity contribution >= 4 is 40.1 Å². The average Bonchev–Trinajstić information content (AvgIpc) is 3.45. The van der Waals surface area contributed by atoms with E-state index in [1.54, 1.807) is 22.9 Å². The number of aromatic carboxylic acids is 1. The molecule has 2 amide bonds. The van der Waals surface area contributed by atoms with Gasteiger partial charge < -0.3 is 19.7 Å². The Labute approximate surface area is 231 Å². The first-order chi connectivity index (χ1) is 19.4. The van der Waals surface area contributed by atoms with Crippen molar-refractivity contribution in [3.8, 4) is 38.7 Å². The van der Waals surface area contributed by atoms with Crippen molar-refractivity contribution in [3.63, 3.8) is 0 Å². The Bertz CT molecular complexity index is 1850. The summed E-state index contributed by atoms with van der Waals surface area (Å²) in [7, 11) is 0. The highest BCUT2D eigenvalue weighted by molar-refractivity contribution is 7.13. The van der Waals surface area contributed by atoms with E-state index in [1.807, 2.05) is 48.7 Å². The van der Waals surface area contributed by atoms with Crippen LogP contribution in [0.4, 0.5) is 10.6 Å². The third-order valence-corrected chi connectivity index (χ3v) is 7.43. The second-order valence-corrected chi connectivity index (χ2v) is 9.95. The number of nitrogens with zero attached hydrogens (tertiary/aromatic N) is 3. The molecule has 10 nitrogen and oxygen atoms in total. The molecular weight excluding hydrogens is 530 g/mol. The number of hydrogen-bond donors (Lipinski definition) is 3. The fourth-order valence-electron chi connectivity index (χ4n) is 4.74. The van der Waals surface area contributed by atoms with Gasteiger partial charge in [0.25, 0.3) is 0 Å². The van der Waals surface area contributed by atoms with Crippen LogP contribution in [0.15, 0.2) is 71.1 Å². The normalized spacial score (nSPS) is 12.1. The number of amides is 2. The quantitative estimate of drug-likeness (QED) is 0.267. The number of carboxylic acid groups (broad SMARTS) is 1. The summed E-state index contributed by atoms with van der Waals surface area (Å²) in [5.74, 6) is -0.476. The Balaban J connectivity index is 1.55. The van der Waals surface area contributed by atoms with Gasteiger partial charge in [-0.15, -0.1) is 11.3 Å². The lowest BCUT2D eigenvalue weighted by Gasteiger charge is -2.22. The first kappa shape index (κ1) is 25.3. The van der Waals surface area contributed by atoms with E-state index in [1.165, 1.54) is 17.5 Å². The maximum absolute atomic E-state index is 13.2. The molecule has 0 unspecified atom stereocenters. The second kappa shape index (κ2) is 10.3. The Morgan fingerprint density at radius 2 is 1.95 bits per heavy atom. The molecule has 0 saturated carbocycles. The molecule has 1 aliphatic heterocycles. The van der Waals surface area contributed by atoms with Crippen LogP contribution in [0.2, 0.25) is 0 Å². The number of urea groups is 1. The van der Waals surface area contributed by atoms with Crippen molar-refractivity contribution in [3.05, 3.63) is 82.1 Å². The van der Waals surface area contributed by atoms with Crippen LogP contribution in [0.25, 0.3) is 43.9 Å². The van der Waals surface area contributed by atoms with Crippen LogP contribution in [0.1, 0.15) is 17.3 Å². The fourth-order valence-corrected chi connectivity index (χ4v) is 5.60. The summed E-state index contributed by atoms with van der Waals surface area (Å²) in [5, 5.41) is 18.0. The topological polar surface area (TPSA) is 135 Å². The molecule has 0 bridgehead atoms. The average molecular weight is 554 g/mol. The molecule has 5 aromatic rings. The molecule has 6 rings (SSSR count). The molecule has 0 fully saturated rings. The summed E-state index contributed by atoms with van der Waals surface area (Å²) in [5.41, 5.74) is 3.37. The van der Waals surface area contributed by atoms with Gasteiger partial charge in [-0.25, -0.2) is 19.6 Å². The molecular formula is C29H23N5O5S. The van der Waals surface area contributed by atoms with Gasteiger partial charge in [-0.2, -0.15) is 0 Å². The number of aromatic nitrogens is 3. The van der Waals surface area contributed by atoms with Crippen molar-refractivity contribution in [2.24, 2.45) is 0 Å². The van der Waals surface area contributed by atoms with Gasteiger partial charge in [0.2, 0.25) is 5.43 Å². The molecule has 0 spiro atoms. The lowest BCUT2D eigenvalue weighted by Crippen LogP contribution is -2.28. The molecule has 1 aliphatic rings. The molecule has 11 heteroatoms. The minimum absolute atomic E-state index is 0.242. The Morgan fingerprint density at radius 1 is 1.12 bits per heavy atom. The zero-order valence-electron chi connectivity index (χ0n) is 21.3. The second-order valence-electron chi connectivity index (χ2n) is 9.09. The number of rotatable bonds is 6. The molecule has 0 atom stereocenters. The molecule has 200 valence electrons. The smallest absolute Gasteiger partial charge is 0.341 e. The van der Waals surface area contributed by atoms with Gasteiger partial charge >= 0.3 is 12.0 Å². The van der Waals surface area contributed by atoms with E-state index >= 15 is 0 Å². The Hall–Kier alpha value is -5.03. The number of thiazole rings is 1. The molecule has 0 radical (unpaired) electrons. The maximum Gasteiger partial charge on any atom is 0.341 e. The van der Waals surface area contributed by atoms with E-state index in [0.29, 0.717) is 58.5 Å². The van der Waals surface area contributed by atoms with Crippen LogP contribution in [0.3, 0.4) is 0 Å². The van der Waals surface area contributed by atoms with Crippen LogP contribution in [0, 0.1) is 0 Å². The number of pyridine rings is 2. The molecule has 0 aliphatic carbocycles. The minimum atomic E-state index is -1.28. The summed E-state index contributed by atoms with van der Waals surface area (Å²) >= 11 is 1.44. The van der Waals surface area contributed by atoms with E-state index in [0.717, 1.165) is 11.3 Å². The molecule has 40 heavy (non-hydrogen) atoms. The number of carbonyl (C=O) groups is 2. The number of ether oxygens (including phenoxy) is 1. The summed E-state index contributed by atoms with van der Waals surface area (Å²) < 4.78 is 7.66. The SMILES string of the molecule is CCNC(=O)Nc1cc(-c2nc(-c3ccccc3)cs2)c(-c2cc3c4c(c2)c(=O)c(C(=O)O)cn4CCO3)cn1. The van der Waals surface area contributed by atoms with E-state index in [2.05, 4.69) is 15.6 Å². The molecule has 3 aromatic heterocycles. The number of nitrogens with one attached hydrogen (secondary N) is 2. The zero-order chi connectivity index (χ0) is 27.8. The highest BCUT2D eigenvalue weighted by Crippen LogP contribution is 2.40. The zero-order valence-corrected chi connectivity index (χ0v) is 22.1. The van der Waals surface area contributed by atoms with Gasteiger partial charge in [-0.1, -0.05) is 30.3 Å². The van der Waals surface area contributed by atoms with Gasteiger partial charge in [0.15, 0.2) is 0 Å². The van der Waals surface area contributed by atoms with E-state index in [9.17, 15) is 19.5 Å². The van der Waals surface area contributed by atoms with Crippen molar-refractivity contribution in [1.29, 1.82) is 0 Å². The monoisotopic (exact) mass is 553 g/mol. The van der Waals surface area contributed by atoms with Crippen LogP contribution < -0.4 is 20.8 Å². The van der Waals surface area contributed by atoms with Crippen molar-refractivity contribution in [1.82, 2.24) is 19.9 Å². The highest BCUT2D eigenvalue weighted by atomic mass is 32.1. The lowest BCUT2D eigenvalue weighted by atomic mass is 9.98. The van der Waals surface area contributed by atoms with Crippen molar-refractivity contribution in [2.45, 2.75) is 13.5 Å². The third kappa shape index (κ3) is 4.56. The molecule has 3 N–H and O–H groups in total.